The van der Waals surface area contributed by atoms with Crippen molar-refractivity contribution in [3.8, 4) is 0 Å². The third-order valence-electron chi connectivity index (χ3n) is 9.70. The van der Waals surface area contributed by atoms with Crippen molar-refractivity contribution in [1.29, 1.82) is 0 Å². The summed E-state index contributed by atoms with van der Waals surface area (Å²) in [4.78, 5) is 66.1. The van der Waals surface area contributed by atoms with Crippen molar-refractivity contribution < 1.29 is 57.5 Å². The summed E-state index contributed by atoms with van der Waals surface area (Å²) in [5.74, 6) is -2.01. The van der Waals surface area contributed by atoms with Gasteiger partial charge in [0.2, 0.25) is 0 Å². The monoisotopic (exact) mass is 670 g/mol. The number of hydrogen-bond donors (Lipinski definition) is 1. The van der Waals surface area contributed by atoms with Crippen LogP contribution in [0.3, 0.4) is 0 Å². The Bertz CT molecular complexity index is 1100. The molecule has 2 fully saturated rings. The molecule has 1 aliphatic carbocycles. The Morgan fingerprint density at radius 3 is 1.96 bits per heavy atom. The van der Waals surface area contributed by atoms with Crippen molar-refractivity contribution in [2.75, 3.05) is 40.6 Å². The molecule has 1 saturated carbocycles. The first-order valence-corrected chi connectivity index (χ1v) is 16.8. The summed E-state index contributed by atoms with van der Waals surface area (Å²) in [6, 6.07) is 0. The first-order valence-electron chi connectivity index (χ1n) is 16.8. The molecule has 2 aliphatic rings. The van der Waals surface area contributed by atoms with Gasteiger partial charge in [0, 0.05) is 26.6 Å². The van der Waals surface area contributed by atoms with E-state index in [1.807, 2.05) is 6.92 Å². The van der Waals surface area contributed by atoms with Crippen molar-refractivity contribution >= 4 is 29.7 Å². The maximum Gasteiger partial charge on any atom is 0.312 e. The first-order chi connectivity index (χ1) is 21.9. The van der Waals surface area contributed by atoms with E-state index in [1.165, 1.54) is 7.11 Å². The van der Waals surface area contributed by atoms with Crippen LogP contribution in [0.5, 0.6) is 0 Å². The Morgan fingerprint density at radius 1 is 0.809 bits per heavy atom. The third-order valence-corrected chi connectivity index (χ3v) is 9.70. The molecule has 0 radical (unpaired) electrons. The number of rotatable bonds is 20. The standard InChI is InChI=1S/C35H58O12/c1-10-33(5,31(41)47-26-13-12-24(16-23(2)37)17-27(26)42-8)21-35(7,30(40)44-15-11-14-36)22-34(6,29(39)43-9)20-32(3,4)28(38)46-19-25-18-45-25/h24-27,36H,10-22H2,1-9H3. The van der Waals surface area contributed by atoms with Gasteiger partial charge in [-0.1, -0.05) is 6.92 Å². The maximum atomic E-state index is 14.0. The second kappa shape index (κ2) is 17.2. The molecule has 47 heavy (non-hydrogen) atoms. The van der Waals surface area contributed by atoms with Crippen LogP contribution in [0.1, 0.15) is 106 Å². The van der Waals surface area contributed by atoms with E-state index in [4.69, 9.17) is 28.4 Å². The highest BCUT2D eigenvalue weighted by Gasteiger charge is 2.54. The number of Topliss-reactive ketones (excluding diaryl/α,β-unsaturated/α-hetero) is 1. The molecular weight excluding hydrogens is 612 g/mol. The minimum Gasteiger partial charge on any atom is -0.469 e. The Hall–Kier alpha value is -2.57. The van der Waals surface area contributed by atoms with Gasteiger partial charge in [-0.2, -0.15) is 0 Å². The van der Waals surface area contributed by atoms with E-state index in [-0.39, 0.29) is 69.4 Å². The highest BCUT2D eigenvalue weighted by atomic mass is 16.6. The van der Waals surface area contributed by atoms with Crippen molar-refractivity contribution in [2.24, 2.45) is 27.6 Å². The summed E-state index contributed by atoms with van der Waals surface area (Å²) in [6.07, 6.45) is 1.69. The Kier molecular flexibility index (Phi) is 14.9. The van der Waals surface area contributed by atoms with Gasteiger partial charge in [-0.3, -0.25) is 19.2 Å². The van der Waals surface area contributed by atoms with Crippen LogP contribution in [0.25, 0.3) is 0 Å². The van der Waals surface area contributed by atoms with Crippen LogP contribution in [0.4, 0.5) is 0 Å². The van der Waals surface area contributed by atoms with Crippen molar-refractivity contribution in [3.05, 3.63) is 0 Å². The van der Waals surface area contributed by atoms with Crippen LogP contribution in [0.15, 0.2) is 0 Å². The first kappa shape index (κ1) is 40.6. The molecule has 270 valence electrons. The molecule has 0 amide bonds. The van der Waals surface area contributed by atoms with Gasteiger partial charge < -0.3 is 38.3 Å². The highest BCUT2D eigenvalue weighted by molar-refractivity contribution is 5.84. The SMILES string of the molecule is CCC(C)(CC(C)(CC(C)(CC(C)(C)C(=O)OCC1CO1)C(=O)OC)C(=O)OCCCO)C(=O)OC1CCC(CC(C)=O)CC1OC. The van der Waals surface area contributed by atoms with E-state index in [9.17, 15) is 29.1 Å². The largest absolute Gasteiger partial charge is 0.469 e. The van der Waals surface area contributed by atoms with E-state index in [0.717, 1.165) is 6.42 Å². The lowest BCUT2D eigenvalue weighted by Gasteiger charge is -2.43. The third kappa shape index (κ3) is 11.5. The van der Waals surface area contributed by atoms with Crippen molar-refractivity contribution in [3.63, 3.8) is 0 Å². The molecule has 12 nitrogen and oxygen atoms in total. The average molecular weight is 671 g/mol. The quantitative estimate of drug-likeness (QED) is 0.0844. The van der Waals surface area contributed by atoms with E-state index in [0.29, 0.717) is 32.3 Å². The number of aliphatic hydroxyl groups is 1. The van der Waals surface area contributed by atoms with Crippen molar-refractivity contribution in [2.45, 2.75) is 125 Å². The summed E-state index contributed by atoms with van der Waals surface area (Å²) in [7, 11) is 2.81. The zero-order chi connectivity index (χ0) is 35.6. The smallest absolute Gasteiger partial charge is 0.312 e. The fourth-order valence-corrected chi connectivity index (χ4v) is 7.14. The molecule has 12 heteroatoms. The lowest BCUT2D eigenvalue weighted by molar-refractivity contribution is -0.178. The minimum atomic E-state index is -1.41. The fourth-order valence-electron chi connectivity index (χ4n) is 7.14. The normalized spacial score (nSPS) is 24.9. The van der Waals surface area contributed by atoms with Gasteiger partial charge in [0.25, 0.3) is 0 Å². The summed E-state index contributed by atoms with van der Waals surface area (Å²) in [6.45, 7) is 12.2. The molecule has 0 aromatic rings. The molecule has 2 rings (SSSR count). The number of carbonyl (C=O) groups excluding carboxylic acids is 5. The van der Waals surface area contributed by atoms with Gasteiger partial charge >= 0.3 is 23.9 Å². The zero-order valence-electron chi connectivity index (χ0n) is 29.9. The fraction of sp³-hybridized carbons (Fsp3) is 0.857. The zero-order valence-corrected chi connectivity index (χ0v) is 29.9. The number of epoxide rings is 1. The lowest BCUT2D eigenvalue weighted by Crippen LogP contribution is -2.48. The molecule has 0 spiro atoms. The summed E-state index contributed by atoms with van der Waals surface area (Å²) < 4.78 is 33.2. The van der Waals surface area contributed by atoms with Gasteiger partial charge in [0.1, 0.15) is 24.6 Å². The molecule has 1 saturated heterocycles. The van der Waals surface area contributed by atoms with E-state index < -0.39 is 51.6 Å². The topological polar surface area (TPSA) is 164 Å². The predicted molar refractivity (Wildman–Crippen MR) is 171 cm³/mol. The molecule has 0 aromatic heterocycles. The molecule has 0 aromatic carbocycles. The van der Waals surface area contributed by atoms with Crippen LogP contribution in [0.2, 0.25) is 0 Å². The summed E-state index contributed by atoms with van der Waals surface area (Å²) in [5, 5.41) is 9.30. The van der Waals surface area contributed by atoms with Gasteiger partial charge in [-0.15, -0.1) is 0 Å². The van der Waals surface area contributed by atoms with Crippen LogP contribution >= 0.6 is 0 Å². The Balaban J connectivity index is 2.38. The number of methoxy groups -OCH3 is 2. The van der Waals surface area contributed by atoms with Crippen LogP contribution < -0.4 is 0 Å². The van der Waals surface area contributed by atoms with Gasteiger partial charge in [0.15, 0.2) is 0 Å². The average Bonchev–Trinajstić information content (AvgIpc) is 3.83. The van der Waals surface area contributed by atoms with E-state index in [1.54, 1.807) is 48.7 Å². The number of esters is 4. The molecule has 7 unspecified atom stereocenters. The molecule has 1 heterocycles. The summed E-state index contributed by atoms with van der Waals surface area (Å²) in [5.41, 5.74) is -5.09. The Labute approximate surface area is 279 Å². The highest BCUT2D eigenvalue weighted by Crippen LogP contribution is 2.50. The predicted octanol–water partition coefficient (Wildman–Crippen LogP) is 4.36. The maximum absolute atomic E-state index is 14.0. The van der Waals surface area contributed by atoms with E-state index in [2.05, 4.69) is 0 Å². The van der Waals surface area contributed by atoms with Gasteiger partial charge in [0.05, 0.1) is 48.1 Å². The number of hydrogen-bond acceptors (Lipinski definition) is 12. The molecular formula is C35H58O12. The Morgan fingerprint density at radius 2 is 1.43 bits per heavy atom. The van der Waals surface area contributed by atoms with Crippen LogP contribution in [-0.2, 0) is 52.4 Å². The lowest BCUT2D eigenvalue weighted by atomic mass is 9.61. The summed E-state index contributed by atoms with van der Waals surface area (Å²) >= 11 is 0. The number of aliphatic hydroxyl groups excluding tert-OH is 1. The number of ether oxygens (including phenoxy) is 6. The minimum absolute atomic E-state index is 0.0111. The molecule has 0 bridgehead atoms. The molecule has 1 N–H and O–H groups in total. The van der Waals surface area contributed by atoms with Crippen molar-refractivity contribution in [1.82, 2.24) is 0 Å². The van der Waals surface area contributed by atoms with Crippen LogP contribution in [-0.4, -0.2) is 93.7 Å². The van der Waals surface area contributed by atoms with Crippen LogP contribution in [0, 0.1) is 27.6 Å². The molecule has 7 atom stereocenters. The number of ketones is 1. The second-order valence-corrected chi connectivity index (χ2v) is 15.0. The van der Waals surface area contributed by atoms with Gasteiger partial charge in [-0.05, 0) is 92.4 Å². The van der Waals surface area contributed by atoms with E-state index >= 15 is 0 Å². The second-order valence-electron chi connectivity index (χ2n) is 15.0. The number of carbonyl (C=O) groups is 5. The van der Waals surface area contributed by atoms with Gasteiger partial charge in [-0.25, -0.2) is 0 Å². The molecule has 1 aliphatic heterocycles.